The Bertz CT molecular complexity index is 541. The zero-order valence-electron chi connectivity index (χ0n) is 10.4. The van der Waals surface area contributed by atoms with Gasteiger partial charge in [-0.1, -0.05) is 12.1 Å². The number of hydrogen-bond donors (Lipinski definition) is 2. The van der Waals surface area contributed by atoms with Gasteiger partial charge < -0.3 is 15.3 Å². The highest BCUT2D eigenvalue weighted by Crippen LogP contribution is 2.31. The molecule has 1 aliphatic heterocycles. The molecule has 0 aliphatic carbocycles. The van der Waals surface area contributed by atoms with Crippen molar-refractivity contribution in [3.8, 4) is 0 Å². The van der Waals surface area contributed by atoms with Crippen LogP contribution in [0.25, 0.3) is 0 Å². The Morgan fingerprint density at radius 3 is 2.63 bits per heavy atom. The molecule has 0 spiro atoms. The smallest absolute Gasteiger partial charge is 0.308 e. The second kappa shape index (κ2) is 5.09. The number of rotatable bonds is 3. The van der Waals surface area contributed by atoms with E-state index in [1.807, 2.05) is 0 Å². The molecule has 0 saturated carbocycles. The second-order valence-corrected chi connectivity index (χ2v) is 4.44. The second-order valence-electron chi connectivity index (χ2n) is 4.44. The number of nitrogens with one attached hydrogen (secondary N) is 1. The molecule has 0 radical (unpaired) electrons. The summed E-state index contributed by atoms with van der Waals surface area (Å²) in [6.07, 6.45) is -0.0102. The third-order valence-electron chi connectivity index (χ3n) is 2.98. The minimum atomic E-state index is -0.979. The molecule has 1 saturated heterocycles. The first-order valence-corrected chi connectivity index (χ1v) is 5.89. The highest BCUT2D eigenvalue weighted by molar-refractivity contribution is 6.03. The molecule has 1 aromatic carbocycles. The molecule has 6 nitrogen and oxygen atoms in total. The lowest BCUT2D eigenvalue weighted by molar-refractivity contribution is -0.141. The molecule has 1 fully saturated rings. The largest absolute Gasteiger partial charge is 0.481 e. The van der Waals surface area contributed by atoms with E-state index in [9.17, 15) is 14.4 Å². The number of nitrogens with zero attached hydrogens (tertiary/aromatic N) is 1. The normalized spacial score (nSPS) is 18.5. The van der Waals surface area contributed by atoms with E-state index in [0.29, 0.717) is 11.4 Å². The predicted octanol–water partition coefficient (Wildman–Crippen LogP) is 1.08. The molecular formula is C13H14N2O4. The Hall–Kier alpha value is -2.37. The first kappa shape index (κ1) is 13.1. The Labute approximate surface area is 110 Å². The summed E-state index contributed by atoms with van der Waals surface area (Å²) >= 11 is 0. The van der Waals surface area contributed by atoms with Crippen molar-refractivity contribution in [1.29, 1.82) is 0 Å². The van der Waals surface area contributed by atoms with E-state index in [0.717, 1.165) is 0 Å². The SMILES string of the molecule is CC(=O)Nc1ccccc1N1C[C@H](C(=O)O)CC1=O. The maximum Gasteiger partial charge on any atom is 0.308 e. The summed E-state index contributed by atoms with van der Waals surface area (Å²) in [5.74, 6) is -2.16. The van der Waals surface area contributed by atoms with Crippen molar-refractivity contribution in [2.75, 3.05) is 16.8 Å². The fourth-order valence-corrected chi connectivity index (χ4v) is 2.11. The number of carbonyl (C=O) groups is 3. The molecule has 2 amide bonds. The van der Waals surface area contributed by atoms with Crippen LogP contribution in [0.5, 0.6) is 0 Å². The van der Waals surface area contributed by atoms with Crippen molar-refractivity contribution in [2.24, 2.45) is 5.92 Å². The van der Waals surface area contributed by atoms with Gasteiger partial charge in [-0.3, -0.25) is 14.4 Å². The monoisotopic (exact) mass is 262 g/mol. The van der Waals surface area contributed by atoms with Crippen molar-refractivity contribution in [3.05, 3.63) is 24.3 Å². The summed E-state index contributed by atoms with van der Waals surface area (Å²) in [6.45, 7) is 1.51. The molecule has 19 heavy (non-hydrogen) atoms. The Morgan fingerprint density at radius 1 is 1.37 bits per heavy atom. The van der Waals surface area contributed by atoms with E-state index < -0.39 is 11.9 Å². The van der Waals surface area contributed by atoms with Gasteiger partial charge in [0.05, 0.1) is 17.3 Å². The van der Waals surface area contributed by atoms with Crippen molar-refractivity contribution in [3.63, 3.8) is 0 Å². The number of aliphatic carboxylic acids is 1. The third-order valence-corrected chi connectivity index (χ3v) is 2.98. The molecule has 0 bridgehead atoms. The highest BCUT2D eigenvalue weighted by Gasteiger charge is 2.35. The van der Waals surface area contributed by atoms with Crippen LogP contribution in [0.15, 0.2) is 24.3 Å². The van der Waals surface area contributed by atoms with Gasteiger partial charge in [0.25, 0.3) is 0 Å². The lowest BCUT2D eigenvalue weighted by atomic mass is 10.1. The quantitative estimate of drug-likeness (QED) is 0.853. The summed E-state index contributed by atoms with van der Waals surface area (Å²) in [5.41, 5.74) is 1.04. The minimum Gasteiger partial charge on any atom is -0.481 e. The van der Waals surface area contributed by atoms with Gasteiger partial charge in [0.2, 0.25) is 11.8 Å². The summed E-state index contributed by atoms with van der Waals surface area (Å²) in [7, 11) is 0. The average Bonchev–Trinajstić information content (AvgIpc) is 2.71. The predicted molar refractivity (Wildman–Crippen MR) is 68.8 cm³/mol. The van der Waals surface area contributed by atoms with E-state index in [4.69, 9.17) is 5.11 Å². The van der Waals surface area contributed by atoms with Crippen LogP contribution < -0.4 is 10.2 Å². The van der Waals surface area contributed by atoms with Crippen molar-refractivity contribution >= 4 is 29.2 Å². The van der Waals surface area contributed by atoms with Gasteiger partial charge in [0.1, 0.15) is 0 Å². The van der Waals surface area contributed by atoms with E-state index >= 15 is 0 Å². The van der Waals surface area contributed by atoms with Crippen molar-refractivity contribution in [1.82, 2.24) is 0 Å². The van der Waals surface area contributed by atoms with E-state index in [-0.39, 0.29) is 24.8 Å². The van der Waals surface area contributed by atoms with Gasteiger partial charge in [-0.25, -0.2) is 0 Å². The van der Waals surface area contributed by atoms with Crippen LogP contribution in [0.4, 0.5) is 11.4 Å². The van der Waals surface area contributed by atoms with E-state index in [1.165, 1.54) is 11.8 Å². The molecule has 1 aromatic rings. The van der Waals surface area contributed by atoms with Gasteiger partial charge in [0.15, 0.2) is 0 Å². The highest BCUT2D eigenvalue weighted by atomic mass is 16.4. The van der Waals surface area contributed by atoms with Crippen LogP contribution in [0.3, 0.4) is 0 Å². The Morgan fingerprint density at radius 2 is 2.05 bits per heavy atom. The number of carboxylic acid groups (broad SMARTS) is 1. The van der Waals surface area contributed by atoms with E-state index in [1.54, 1.807) is 24.3 Å². The van der Waals surface area contributed by atoms with Crippen LogP contribution in [-0.2, 0) is 14.4 Å². The number of amides is 2. The fraction of sp³-hybridized carbons (Fsp3) is 0.308. The average molecular weight is 262 g/mol. The van der Waals surface area contributed by atoms with Crippen LogP contribution in [-0.4, -0.2) is 29.4 Å². The zero-order valence-corrected chi connectivity index (χ0v) is 10.4. The number of carboxylic acids is 1. The fourth-order valence-electron chi connectivity index (χ4n) is 2.11. The molecule has 2 rings (SSSR count). The molecule has 0 aromatic heterocycles. The first-order chi connectivity index (χ1) is 8.99. The van der Waals surface area contributed by atoms with Crippen LogP contribution in [0.2, 0.25) is 0 Å². The van der Waals surface area contributed by atoms with Gasteiger partial charge in [-0.05, 0) is 12.1 Å². The minimum absolute atomic E-state index is 0.0102. The molecule has 1 aliphatic rings. The first-order valence-electron chi connectivity index (χ1n) is 5.89. The van der Waals surface area contributed by atoms with Crippen LogP contribution in [0, 0.1) is 5.92 Å². The number of benzene rings is 1. The summed E-state index contributed by atoms with van der Waals surface area (Å²) in [6, 6.07) is 6.84. The molecule has 100 valence electrons. The maximum atomic E-state index is 11.9. The lowest BCUT2D eigenvalue weighted by Crippen LogP contribution is -2.27. The standard InChI is InChI=1S/C13H14N2O4/c1-8(16)14-10-4-2-3-5-11(10)15-7-9(13(18)19)6-12(15)17/h2-5,9H,6-7H2,1H3,(H,14,16)(H,18,19)/t9-/m1/s1. The number of carbonyl (C=O) groups excluding carboxylic acids is 2. The topological polar surface area (TPSA) is 86.7 Å². The van der Waals surface area contributed by atoms with Gasteiger partial charge in [-0.15, -0.1) is 0 Å². The third kappa shape index (κ3) is 2.73. The Kier molecular flexibility index (Phi) is 3.50. The summed E-state index contributed by atoms with van der Waals surface area (Å²) < 4.78 is 0. The van der Waals surface area contributed by atoms with Crippen molar-refractivity contribution in [2.45, 2.75) is 13.3 Å². The molecule has 1 atom stereocenters. The van der Waals surface area contributed by atoms with Crippen LogP contribution >= 0.6 is 0 Å². The number of para-hydroxylation sites is 2. The molecule has 0 unspecified atom stereocenters. The van der Waals surface area contributed by atoms with Gasteiger partial charge >= 0.3 is 5.97 Å². The number of anilines is 2. The van der Waals surface area contributed by atoms with Crippen molar-refractivity contribution < 1.29 is 19.5 Å². The molecular weight excluding hydrogens is 248 g/mol. The Balaban J connectivity index is 2.29. The summed E-state index contributed by atoms with van der Waals surface area (Å²) in [4.78, 5) is 35.3. The molecule has 1 heterocycles. The van der Waals surface area contributed by atoms with Gasteiger partial charge in [0, 0.05) is 19.9 Å². The summed E-state index contributed by atoms with van der Waals surface area (Å²) in [5, 5.41) is 11.6. The molecule has 6 heteroatoms. The van der Waals surface area contributed by atoms with E-state index in [2.05, 4.69) is 5.32 Å². The molecule has 2 N–H and O–H groups in total. The maximum absolute atomic E-state index is 11.9. The zero-order chi connectivity index (χ0) is 14.0. The van der Waals surface area contributed by atoms with Crippen LogP contribution in [0.1, 0.15) is 13.3 Å². The number of hydrogen-bond acceptors (Lipinski definition) is 3. The lowest BCUT2D eigenvalue weighted by Gasteiger charge is -2.19. The van der Waals surface area contributed by atoms with Gasteiger partial charge in [-0.2, -0.15) is 0 Å².